The monoisotopic (exact) mass is 459 g/mol. The smallest absolute Gasteiger partial charge is 0.234 e. The number of benzene rings is 2. The third-order valence-electron chi connectivity index (χ3n) is 5.72. The molecule has 4 aromatic rings. The SMILES string of the molecule is CCN1CCc2ccc(NC(=O)CSc3nnc(-c4ccco4)n3Cc3ccccc3)cc21. The Hall–Kier alpha value is -3.52. The standard InChI is InChI=1S/C25H25N5O2S/c1-2-29-13-12-19-10-11-20(15-21(19)29)26-23(31)17-33-25-28-27-24(22-9-6-14-32-22)30(25)16-18-7-4-3-5-8-18/h3-11,14-15H,2,12-13,16-17H2,1H3,(H,26,31). The molecule has 0 aliphatic carbocycles. The van der Waals surface area contributed by atoms with Crippen molar-refractivity contribution in [2.24, 2.45) is 0 Å². The number of amides is 1. The van der Waals surface area contributed by atoms with Crippen LogP contribution in [-0.2, 0) is 17.8 Å². The summed E-state index contributed by atoms with van der Waals surface area (Å²) in [6.07, 6.45) is 2.68. The fourth-order valence-corrected chi connectivity index (χ4v) is 4.81. The second kappa shape index (κ2) is 9.54. The minimum absolute atomic E-state index is 0.0743. The van der Waals surface area contributed by atoms with Crippen LogP contribution in [0.1, 0.15) is 18.1 Å². The summed E-state index contributed by atoms with van der Waals surface area (Å²) in [6.45, 7) is 4.74. The van der Waals surface area contributed by atoms with Crippen LogP contribution in [0.4, 0.5) is 11.4 Å². The molecule has 2 aromatic carbocycles. The Balaban J connectivity index is 1.30. The van der Waals surface area contributed by atoms with Crippen LogP contribution in [0.25, 0.3) is 11.6 Å². The van der Waals surface area contributed by atoms with E-state index in [1.54, 1.807) is 6.26 Å². The van der Waals surface area contributed by atoms with Crippen molar-refractivity contribution >= 4 is 29.0 Å². The van der Waals surface area contributed by atoms with Gasteiger partial charge < -0.3 is 14.6 Å². The molecule has 0 spiro atoms. The van der Waals surface area contributed by atoms with Crippen LogP contribution in [0, 0.1) is 0 Å². The quantitative estimate of drug-likeness (QED) is 0.385. The molecule has 1 aliphatic heterocycles. The fourth-order valence-electron chi connectivity index (χ4n) is 4.07. The lowest BCUT2D eigenvalue weighted by Crippen LogP contribution is -2.19. The van der Waals surface area contributed by atoms with Gasteiger partial charge in [0.1, 0.15) is 0 Å². The predicted molar refractivity (Wildman–Crippen MR) is 131 cm³/mol. The van der Waals surface area contributed by atoms with E-state index in [1.165, 1.54) is 23.0 Å². The number of hydrogen-bond donors (Lipinski definition) is 1. The Kier molecular flexibility index (Phi) is 6.17. The molecule has 3 heterocycles. The largest absolute Gasteiger partial charge is 0.461 e. The molecule has 168 valence electrons. The first-order valence-electron chi connectivity index (χ1n) is 11.0. The molecule has 8 heteroatoms. The van der Waals surface area contributed by atoms with E-state index in [9.17, 15) is 4.79 Å². The first-order valence-corrected chi connectivity index (χ1v) is 12.0. The molecule has 0 unspecified atom stereocenters. The van der Waals surface area contributed by atoms with Gasteiger partial charge in [-0.2, -0.15) is 0 Å². The maximum absolute atomic E-state index is 12.7. The summed E-state index contributed by atoms with van der Waals surface area (Å²) in [5.74, 6) is 1.45. The molecule has 7 nitrogen and oxygen atoms in total. The minimum atomic E-state index is -0.0743. The summed E-state index contributed by atoms with van der Waals surface area (Å²) in [7, 11) is 0. The number of nitrogens with zero attached hydrogens (tertiary/aromatic N) is 4. The molecule has 0 bridgehead atoms. The number of anilines is 2. The van der Waals surface area contributed by atoms with Gasteiger partial charge in [-0.3, -0.25) is 9.36 Å². The van der Waals surface area contributed by atoms with E-state index >= 15 is 0 Å². The highest BCUT2D eigenvalue weighted by atomic mass is 32.2. The van der Waals surface area contributed by atoms with Crippen LogP contribution in [0.15, 0.2) is 76.5 Å². The maximum atomic E-state index is 12.7. The second-order valence-electron chi connectivity index (χ2n) is 7.87. The predicted octanol–water partition coefficient (Wildman–Crippen LogP) is 4.70. The number of furan rings is 1. The Labute approximate surface area is 196 Å². The van der Waals surface area contributed by atoms with Gasteiger partial charge >= 0.3 is 0 Å². The summed E-state index contributed by atoms with van der Waals surface area (Å²) in [6, 6.07) is 20.0. The first kappa shape index (κ1) is 21.3. The van der Waals surface area contributed by atoms with Crippen molar-refractivity contribution in [3.05, 3.63) is 78.1 Å². The van der Waals surface area contributed by atoms with Crippen molar-refractivity contribution in [1.82, 2.24) is 14.8 Å². The van der Waals surface area contributed by atoms with Crippen LogP contribution in [-0.4, -0.2) is 39.5 Å². The van der Waals surface area contributed by atoms with Gasteiger partial charge in [0.2, 0.25) is 11.7 Å². The highest BCUT2D eigenvalue weighted by Crippen LogP contribution is 2.31. The Morgan fingerprint density at radius 1 is 1.12 bits per heavy atom. The van der Waals surface area contributed by atoms with Crippen LogP contribution in [0.5, 0.6) is 0 Å². The highest BCUT2D eigenvalue weighted by Gasteiger charge is 2.20. The van der Waals surface area contributed by atoms with E-state index in [-0.39, 0.29) is 11.7 Å². The van der Waals surface area contributed by atoms with E-state index in [4.69, 9.17) is 4.42 Å². The van der Waals surface area contributed by atoms with Crippen molar-refractivity contribution in [2.75, 3.05) is 29.1 Å². The van der Waals surface area contributed by atoms with Crippen LogP contribution < -0.4 is 10.2 Å². The maximum Gasteiger partial charge on any atom is 0.234 e. The number of fused-ring (bicyclic) bond motifs is 1. The van der Waals surface area contributed by atoms with E-state index in [2.05, 4.69) is 51.6 Å². The molecule has 0 saturated carbocycles. The van der Waals surface area contributed by atoms with Gasteiger partial charge in [-0.05, 0) is 48.7 Å². The molecule has 0 atom stereocenters. The molecule has 5 rings (SSSR count). The third kappa shape index (κ3) is 4.66. The van der Waals surface area contributed by atoms with Crippen molar-refractivity contribution in [3.63, 3.8) is 0 Å². The van der Waals surface area contributed by atoms with Crippen LogP contribution in [0.2, 0.25) is 0 Å². The summed E-state index contributed by atoms with van der Waals surface area (Å²) >= 11 is 1.37. The van der Waals surface area contributed by atoms with Crippen molar-refractivity contribution in [3.8, 4) is 11.6 Å². The molecule has 33 heavy (non-hydrogen) atoms. The number of thioether (sulfide) groups is 1. The van der Waals surface area contributed by atoms with Gasteiger partial charge in [-0.15, -0.1) is 10.2 Å². The van der Waals surface area contributed by atoms with E-state index in [1.807, 2.05) is 41.0 Å². The topological polar surface area (TPSA) is 76.2 Å². The summed E-state index contributed by atoms with van der Waals surface area (Å²) in [4.78, 5) is 15.1. The summed E-state index contributed by atoms with van der Waals surface area (Å²) in [5.41, 5.74) is 4.49. The van der Waals surface area contributed by atoms with Crippen molar-refractivity contribution in [2.45, 2.75) is 25.0 Å². The lowest BCUT2D eigenvalue weighted by Gasteiger charge is -2.17. The molecule has 1 amide bonds. The third-order valence-corrected chi connectivity index (χ3v) is 6.68. The minimum Gasteiger partial charge on any atom is -0.461 e. The van der Waals surface area contributed by atoms with Crippen molar-refractivity contribution in [1.29, 1.82) is 0 Å². The van der Waals surface area contributed by atoms with Gasteiger partial charge in [0.15, 0.2) is 10.9 Å². The summed E-state index contributed by atoms with van der Waals surface area (Å²) in [5, 5.41) is 12.4. The first-order chi connectivity index (χ1) is 16.2. The molecule has 1 aliphatic rings. The van der Waals surface area contributed by atoms with Crippen LogP contribution in [0.3, 0.4) is 0 Å². The molecule has 0 saturated heterocycles. The average Bonchev–Trinajstić information content (AvgIpc) is 3.58. The van der Waals surface area contributed by atoms with E-state index in [0.717, 1.165) is 30.8 Å². The lowest BCUT2D eigenvalue weighted by atomic mass is 10.1. The summed E-state index contributed by atoms with van der Waals surface area (Å²) < 4.78 is 7.54. The number of likely N-dealkylation sites (N-methyl/N-ethyl adjacent to an activating group) is 1. The Bertz CT molecular complexity index is 1240. The number of carbonyl (C=O) groups excluding carboxylic acids is 1. The molecule has 2 aromatic heterocycles. The number of aromatic nitrogens is 3. The van der Waals surface area contributed by atoms with Crippen molar-refractivity contribution < 1.29 is 9.21 Å². The Morgan fingerprint density at radius 2 is 2.00 bits per heavy atom. The highest BCUT2D eigenvalue weighted by molar-refractivity contribution is 7.99. The molecule has 1 N–H and O–H groups in total. The van der Waals surface area contributed by atoms with Gasteiger partial charge in [0.05, 0.1) is 18.6 Å². The van der Waals surface area contributed by atoms with E-state index in [0.29, 0.717) is 23.3 Å². The van der Waals surface area contributed by atoms with Gasteiger partial charge in [0.25, 0.3) is 0 Å². The van der Waals surface area contributed by atoms with Gasteiger partial charge in [-0.25, -0.2) is 0 Å². The Morgan fingerprint density at radius 3 is 2.79 bits per heavy atom. The normalized spacial score (nSPS) is 12.7. The zero-order chi connectivity index (χ0) is 22.6. The second-order valence-corrected chi connectivity index (χ2v) is 8.81. The number of rotatable bonds is 8. The zero-order valence-corrected chi connectivity index (χ0v) is 19.2. The van der Waals surface area contributed by atoms with Crippen LogP contribution >= 0.6 is 11.8 Å². The van der Waals surface area contributed by atoms with E-state index < -0.39 is 0 Å². The zero-order valence-electron chi connectivity index (χ0n) is 18.4. The van der Waals surface area contributed by atoms with Gasteiger partial charge in [0, 0.05) is 24.5 Å². The molecule has 0 radical (unpaired) electrons. The van der Waals surface area contributed by atoms with Gasteiger partial charge in [-0.1, -0.05) is 48.2 Å². The molecule has 0 fully saturated rings. The number of hydrogen-bond acceptors (Lipinski definition) is 6. The molecular weight excluding hydrogens is 434 g/mol. The fraction of sp³-hybridized carbons (Fsp3) is 0.240. The lowest BCUT2D eigenvalue weighted by molar-refractivity contribution is -0.113. The molecular formula is C25H25N5O2S. The number of nitrogens with one attached hydrogen (secondary N) is 1. The number of carbonyl (C=O) groups is 1. The average molecular weight is 460 g/mol.